The average molecular weight is 575 g/mol. The van der Waals surface area contributed by atoms with Crippen LogP contribution < -0.4 is 15.8 Å². The van der Waals surface area contributed by atoms with Gasteiger partial charge in [-0.1, -0.05) is 97.1 Å². The van der Waals surface area contributed by atoms with Gasteiger partial charge in [-0.2, -0.15) is 0 Å². The normalized spacial score (nSPS) is 13.4. The summed E-state index contributed by atoms with van der Waals surface area (Å²) in [5.74, 6) is 0. The summed E-state index contributed by atoms with van der Waals surface area (Å²) in [6.45, 7) is 0.0432. The van der Waals surface area contributed by atoms with Crippen LogP contribution in [-0.4, -0.2) is 11.3 Å². The summed E-state index contributed by atoms with van der Waals surface area (Å²) in [6, 6.07) is 49.8. The minimum atomic E-state index is 0.0432. The molecule has 2 aliphatic heterocycles. The van der Waals surface area contributed by atoms with Gasteiger partial charge in [0.05, 0.1) is 0 Å². The molecule has 0 saturated carbocycles. The van der Waals surface area contributed by atoms with E-state index in [4.69, 9.17) is 0 Å². The van der Waals surface area contributed by atoms with E-state index in [0.717, 1.165) is 0 Å². The van der Waals surface area contributed by atoms with E-state index >= 15 is 0 Å². The molecule has 0 radical (unpaired) electrons. The fraction of sp³-hybridized carbons (Fsp3) is 0. The van der Waals surface area contributed by atoms with E-state index in [-0.39, 0.29) is 6.85 Å². The van der Waals surface area contributed by atoms with Crippen molar-refractivity contribution in [1.82, 2.24) is 4.48 Å². The van der Waals surface area contributed by atoms with E-state index in [1.807, 2.05) is 11.3 Å². The second kappa shape index (κ2) is 8.19. The topological polar surface area (TPSA) is 8.17 Å². The molecule has 2 nitrogen and oxygen atoms in total. The standard InChI is InChI=1S/C40H23BN2S/c1-2-10-26-22-28(18-16-24(26)8-1)42-34-19-17-25-9-3-4-11-29(25)37(34)41-38-35(42)23-27-20-21-44-40(27)36(38)32-14-7-13-31-30-12-5-6-15-33(30)43(41)39(31)32/h1-23H. The maximum absolute atomic E-state index is 2.66. The molecule has 0 atom stereocenters. The number of fused-ring (bicyclic) bond motifs is 12. The van der Waals surface area contributed by atoms with Gasteiger partial charge in [0.15, 0.2) is 0 Å². The fourth-order valence-corrected chi connectivity index (χ4v) is 9.21. The first-order chi connectivity index (χ1) is 21.8. The van der Waals surface area contributed by atoms with Crippen molar-refractivity contribution >= 4 is 99.6 Å². The quantitative estimate of drug-likeness (QED) is 0.177. The van der Waals surface area contributed by atoms with E-state index in [1.165, 1.54) is 92.6 Å². The molecule has 4 heterocycles. The number of thiophene rings is 1. The SMILES string of the molecule is c1ccc2cc(N3c4cc5ccsc5c5c4B(c4c3ccc3ccccc43)n3c4ccccc4c4cccc-5c43)ccc2c1. The smallest absolute Gasteiger partial charge is 0.333 e. The molecule has 2 aliphatic rings. The molecule has 11 rings (SSSR count). The average Bonchev–Trinajstić information content (AvgIpc) is 3.69. The number of nitrogens with zero attached hydrogens (tertiary/aromatic N) is 2. The van der Waals surface area contributed by atoms with Gasteiger partial charge in [-0.25, -0.2) is 0 Å². The molecule has 0 spiro atoms. The number of anilines is 3. The van der Waals surface area contributed by atoms with Crippen molar-refractivity contribution in [2.24, 2.45) is 0 Å². The molecular formula is C40H23BN2S. The van der Waals surface area contributed by atoms with Crippen LogP contribution in [0.2, 0.25) is 0 Å². The lowest BCUT2D eigenvalue weighted by molar-refractivity contribution is 1.27. The molecule has 0 N–H and O–H groups in total. The van der Waals surface area contributed by atoms with Gasteiger partial charge in [-0.15, -0.1) is 11.3 Å². The Bertz CT molecular complexity index is 2700. The summed E-state index contributed by atoms with van der Waals surface area (Å²) in [7, 11) is 0. The third-order valence-electron chi connectivity index (χ3n) is 9.99. The van der Waals surface area contributed by atoms with Crippen molar-refractivity contribution in [2.75, 3.05) is 4.90 Å². The summed E-state index contributed by atoms with van der Waals surface area (Å²) in [6.07, 6.45) is 0. The first kappa shape index (κ1) is 23.2. The van der Waals surface area contributed by atoms with Crippen LogP contribution in [-0.2, 0) is 0 Å². The van der Waals surface area contributed by atoms with Crippen LogP contribution >= 0.6 is 11.3 Å². The van der Waals surface area contributed by atoms with Crippen molar-refractivity contribution in [2.45, 2.75) is 0 Å². The number of para-hydroxylation sites is 2. The highest BCUT2D eigenvalue weighted by atomic mass is 32.1. The number of hydrogen-bond acceptors (Lipinski definition) is 2. The van der Waals surface area contributed by atoms with Crippen molar-refractivity contribution in [3.8, 4) is 11.1 Å². The van der Waals surface area contributed by atoms with Crippen molar-refractivity contribution in [3.05, 3.63) is 139 Å². The van der Waals surface area contributed by atoms with Crippen LogP contribution in [0.15, 0.2) is 139 Å². The highest BCUT2D eigenvalue weighted by Gasteiger charge is 2.44. The minimum absolute atomic E-state index is 0.0432. The number of benzene rings is 7. The van der Waals surface area contributed by atoms with Crippen LogP contribution in [0.4, 0.5) is 17.1 Å². The van der Waals surface area contributed by atoms with Gasteiger partial charge >= 0.3 is 6.85 Å². The van der Waals surface area contributed by atoms with Crippen molar-refractivity contribution < 1.29 is 0 Å². The summed E-state index contributed by atoms with van der Waals surface area (Å²) >= 11 is 1.87. The number of rotatable bonds is 1. The van der Waals surface area contributed by atoms with Gasteiger partial charge in [0.25, 0.3) is 0 Å². The van der Waals surface area contributed by atoms with Gasteiger partial charge < -0.3 is 9.38 Å². The zero-order valence-corrected chi connectivity index (χ0v) is 24.5. The van der Waals surface area contributed by atoms with Crippen LogP contribution in [0.25, 0.3) is 64.6 Å². The van der Waals surface area contributed by atoms with Crippen LogP contribution in [0.5, 0.6) is 0 Å². The Balaban J connectivity index is 1.38. The Kier molecular flexibility index (Phi) is 4.32. The highest BCUT2D eigenvalue weighted by molar-refractivity contribution is 7.18. The fourth-order valence-electron chi connectivity index (χ4n) is 8.26. The summed E-state index contributed by atoms with van der Waals surface area (Å²) < 4.78 is 4.04. The number of aromatic nitrogens is 1. The first-order valence-electron chi connectivity index (χ1n) is 15.2. The molecule has 0 fully saturated rings. The third kappa shape index (κ3) is 2.78. The zero-order chi connectivity index (χ0) is 28.5. The van der Waals surface area contributed by atoms with Gasteiger partial charge in [0, 0.05) is 54.7 Å². The number of hydrogen-bond donors (Lipinski definition) is 0. The second-order valence-corrected chi connectivity index (χ2v) is 13.0. The second-order valence-electron chi connectivity index (χ2n) is 12.1. The Labute approximate surface area is 258 Å². The monoisotopic (exact) mass is 574 g/mol. The molecule has 44 heavy (non-hydrogen) atoms. The Morgan fingerprint density at radius 3 is 2.23 bits per heavy atom. The lowest BCUT2D eigenvalue weighted by Crippen LogP contribution is -2.57. The van der Waals surface area contributed by atoms with E-state index in [0.29, 0.717) is 0 Å². The lowest BCUT2D eigenvalue weighted by atomic mass is 9.44. The minimum Gasteiger partial charge on any atom is -0.375 e. The lowest BCUT2D eigenvalue weighted by Gasteiger charge is -2.41. The molecule has 202 valence electrons. The molecule has 0 bridgehead atoms. The molecule has 2 aromatic heterocycles. The molecule has 4 heteroatoms. The molecule has 9 aromatic rings. The van der Waals surface area contributed by atoms with Gasteiger partial charge in [0.1, 0.15) is 0 Å². The van der Waals surface area contributed by atoms with Crippen LogP contribution in [0.3, 0.4) is 0 Å². The Morgan fingerprint density at radius 2 is 1.30 bits per heavy atom. The molecule has 7 aromatic carbocycles. The predicted octanol–water partition coefficient (Wildman–Crippen LogP) is 9.73. The maximum Gasteiger partial charge on any atom is 0.333 e. The Hall–Kier alpha value is -5.32. The summed E-state index contributed by atoms with van der Waals surface area (Å²) in [5.41, 5.74) is 11.9. The van der Waals surface area contributed by atoms with E-state index in [9.17, 15) is 0 Å². The third-order valence-corrected chi connectivity index (χ3v) is 10.9. The highest BCUT2D eigenvalue weighted by Crippen LogP contribution is 2.49. The van der Waals surface area contributed by atoms with E-state index in [2.05, 4.69) is 148 Å². The molecule has 0 saturated heterocycles. The Morgan fingerprint density at radius 1 is 0.523 bits per heavy atom. The molecule has 0 aliphatic carbocycles. The van der Waals surface area contributed by atoms with Crippen molar-refractivity contribution in [3.63, 3.8) is 0 Å². The molecule has 0 amide bonds. The van der Waals surface area contributed by atoms with Crippen LogP contribution in [0, 0.1) is 0 Å². The first-order valence-corrected chi connectivity index (χ1v) is 16.1. The summed E-state index contributed by atoms with van der Waals surface area (Å²) in [5, 5.41) is 11.3. The van der Waals surface area contributed by atoms with Gasteiger partial charge in [-0.3, -0.25) is 0 Å². The van der Waals surface area contributed by atoms with E-state index in [1.54, 1.807) is 0 Å². The van der Waals surface area contributed by atoms with E-state index < -0.39 is 0 Å². The molecular weight excluding hydrogens is 551 g/mol. The maximum atomic E-state index is 2.66. The molecule has 0 unspecified atom stereocenters. The van der Waals surface area contributed by atoms with Crippen LogP contribution in [0.1, 0.15) is 0 Å². The van der Waals surface area contributed by atoms with Gasteiger partial charge in [-0.05, 0) is 79.6 Å². The zero-order valence-electron chi connectivity index (χ0n) is 23.7. The summed E-state index contributed by atoms with van der Waals surface area (Å²) in [4.78, 5) is 2.54. The van der Waals surface area contributed by atoms with Gasteiger partial charge in [0.2, 0.25) is 0 Å². The largest absolute Gasteiger partial charge is 0.375 e. The predicted molar refractivity (Wildman–Crippen MR) is 190 cm³/mol. The van der Waals surface area contributed by atoms with Crippen molar-refractivity contribution in [1.29, 1.82) is 0 Å².